The fourth-order valence-electron chi connectivity index (χ4n) is 3.89. The summed E-state index contributed by atoms with van der Waals surface area (Å²) in [4.78, 5) is 36.7. The lowest BCUT2D eigenvalue weighted by Gasteiger charge is -2.32. The zero-order chi connectivity index (χ0) is 23.5. The lowest BCUT2D eigenvalue weighted by Crippen LogP contribution is -2.45. The molecule has 33 heavy (non-hydrogen) atoms. The van der Waals surface area contributed by atoms with Crippen molar-refractivity contribution in [2.24, 2.45) is 15.9 Å². The summed E-state index contributed by atoms with van der Waals surface area (Å²) in [6.45, 7) is 6.57. The number of fused-ring (bicyclic) bond motifs is 3. The zero-order valence-corrected chi connectivity index (χ0v) is 20.5. The van der Waals surface area contributed by atoms with Gasteiger partial charge in [-0.15, -0.1) is 0 Å². The van der Waals surface area contributed by atoms with Crippen LogP contribution in [0.15, 0.2) is 58.5 Å². The minimum atomic E-state index is -0.389. The summed E-state index contributed by atoms with van der Waals surface area (Å²) in [5.41, 5.74) is 2.73. The van der Waals surface area contributed by atoms with Gasteiger partial charge in [0.05, 0.1) is 10.9 Å². The second kappa shape index (κ2) is 10.1. The average molecular weight is 483 g/mol. The molecule has 2 aliphatic heterocycles. The van der Waals surface area contributed by atoms with E-state index in [4.69, 9.17) is 16.6 Å². The highest BCUT2D eigenvalue weighted by atomic mass is 35.5. The van der Waals surface area contributed by atoms with Crippen molar-refractivity contribution in [2.75, 3.05) is 6.54 Å². The molecule has 172 valence electrons. The number of aliphatic imine (C=N–C) groups is 2. The maximum absolute atomic E-state index is 12.8. The topological polar surface area (TPSA) is 74.1 Å². The van der Waals surface area contributed by atoms with Gasteiger partial charge in [0, 0.05) is 17.1 Å². The van der Waals surface area contributed by atoms with Gasteiger partial charge in [0.25, 0.3) is 5.91 Å². The predicted molar refractivity (Wildman–Crippen MR) is 135 cm³/mol. The normalized spacial score (nSPS) is 17.9. The molecule has 2 aliphatic rings. The van der Waals surface area contributed by atoms with Gasteiger partial charge in [-0.2, -0.15) is 4.99 Å². The van der Waals surface area contributed by atoms with Gasteiger partial charge in [0.2, 0.25) is 5.91 Å². The number of benzene rings is 2. The third-order valence-electron chi connectivity index (χ3n) is 5.58. The van der Waals surface area contributed by atoms with Crippen molar-refractivity contribution in [3.8, 4) is 0 Å². The maximum atomic E-state index is 12.8. The first-order valence-electron chi connectivity index (χ1n) is 11.1. The van der Waals surface area contributed by atoms with Crippen LogP contribution in [-0.2, 0) is 16.0 Å². The number of para-hydroxylation sites is 1. The molecule has 6 nitrogen and oxygen atoms in total. The van der Waals surface area contributed by atoms with Crippen LogP contribution in [0, 0.1) is 5.92 Å². The van der Waals surface area contributed by atoms with Crippen LogP contribution in [0.25, 0.3) is 0 Å². The van der Waals surface area contributed by atoms with Gasteiger partial charge in [-0.25, -0.2) is 4.99 Å². The predicted octanol–water partition coefficient (Wildman–Crippen LogP) is 4.83. The Bertz CT molecular complexity index is 1110. The third-order valence-corrected chi connectivity index (χ3v) is 6.90. The van der Waals surface area contributed by atoms with Gasteiger partial charge in [-0.1, -0.05) is 61.5 Å². The van der Waals surface area contributed by atoms with Gasteiger partial charge in [0.15, 0.2) is 5.17 Å². The molecule has 0 spiro atoms. The second-order valence-electron chi connectivity index (χ2n) is 8.63. The highest BCUT2D eigenvalue weighted by Gasteiger charge is 2.42. The Hall–Kier alpha value is -2.64. The SMILES string of the molecule is CC(C)CC1C(=O)N=C2c3ccccc3N=C(SC(C)C(=O)NCCc3ccc(Cl)cc3)N21. The van der Waals surface area contributed by atoms with E-state index in [9.17, 15) is 9.59 Å². The molecule has 1 N–H and O–H groups in total. The highest BCUT2D eigenvalue weighted by molar-refractivity contribution is 8.14. The number of amidine groups is 2. The number of nitrogens with one attached hydrogen (secondary N) is 1. The van der Waals surface area contributed by atoms with Crippen molar-refractivity contribution < 1.29 is 9.59 Å². The summed E-state index contributed by atoms with van der Waals surface area (Å²) in [5, 5.41) is 3.96. The monoisotopic (exact) mass is 482 g/mol. The molecule has 4 rings (SSSR count). The second-order valence-corrected chi connectivity index (χ2v) is 10.4. The van der Waals surface area contributed by atoms with Gasteiger partial charge >= 0.3 is 0 Å². The molecule has 0 saturated heterocycles. The Balaban J connectivity index is 1.47. The van der Waals surface area contributed by atoms with E-state index in [2.05, 4.69) is 24.2 Å². The van der Waals surface area contributed by atoms with Crippen molar-refractivity contribution in [3.05, 3.63) is 64.7 Å². The van der Waals surface area contributed by atoms with Crippen LogP contribution in [0.1, 0.15) is 38.3 Å². The Morgan fingerprint density at radius 3 is 2.58 bits per heavy atom. The average Bonchev–Trinajstić information content (AvgIpc) is 3.11. The molecular weight excluding hydrogens is 456 g/mol. The van der Waals surface area contributed by atoms with Crippen LogP contribution in [0.5, 0.6) is 0 Å². The minimum absolute atomic E-state index is 0.0695. The summed E-state index contributed by atoms with van der Waals surface area (Å²) >= 11 is 7.29. The molecule has 8 heteroatoms. The quantitative estimate of drug-likeness (QED) is 0.613. The van der Waals surface area contributed by atoms with Crippen molar-refractivity contribution in [2.45, 2.75) is 44.9 Å². The molecule has 0 fully saturated rings. The van der Waals surface area contributed by atoms with Crippen LogP contribution in [-0.4, -0.2) is 45.6 Å². The molecule has 2 heterocycles. The Labute approximate surface area is 203 Å². The van der Waals surface area contributed by atoms with Gasteiger partial charge < -0.3 is 5.32 Å². The molecule has 2 unspecified atom stereocenters. The molecule has 0 radical (unpaired) electrons. The van der Waals surface area contributed by atoms with Crippen LogP contribution in [0.2, 0.25) is 5.02 Å². The number of carbonyl (C=O) groups is 2. The fourth-order valence-corrected chi connectivity index (χ4v) is 5.01. The first kappa shape index (κ1) is 23.5. The minimum Gasteiger partial charge on any atom is -0.355 e. The van der Waals surface area contributed by atoms with E-state index in [0.29, 0.717) is 34.9 Å². The summed E-state index contributed by atoms with van der Waals surface area (Å²) in [6.07, 6.45) is 1.40. The van der Waals surface area contributed by atoms with E-state index in [1.807, 2.05) is 60.4 Å². The van der Waals surface area contributed by atoms with E-state index in [-0.39, 0.29) is 23.1 Å². The van der Waals surface area contributed by atoms with Crippen molar-refractivity contribution in [1.82, 2.24) is 10.2 Å². The molecule has 0 bridgehead atoms. The number of thioether (sulfide) groups is 1. The summed E-state index contributed by atoms with van der Waals surface area (Å²) in [7, 11) is 0. The van der Waals surface area contributed by atoms with Crippen LogP contribution in [0.4, 0.5) is 5.69 Å². The molecule has 0 aliphatic carbocycles. The molecule has 2 atom stereocenters. The first-order valence-corrected chi connectivity index (χ1v) is 12.4. The van der Waals surface area contributed by atoms with Crippen molar-refractivity contribution >= 4 is 51.9 Å². The van der Waals surface area contributed by atoms with Crippen molar-refractivity contribution in [1.29, 1.82) is 0 Å². The number of halogens is 1. The highest BCUT2D eigenvalue weighted by Crippen LogP contribution is 2.36. The number of hydrogen-bond donors (Lipinski definition) is 1. The number of nitrogens with zero attached hydrogens (tertiary/aromatic N) is 3. The molecule has 0 saturated carbocycles. The van der Waals surface area contributed by atoms with Crippen LogP contribution >= 0.6 is 23.4 Å². The van der Waals surface area contributed by atoms with E-state index < -0.39 is 0 Å². The zero-order valence-electron chi connectivity index (χ0n) is 18.9. The number of amides is 2. The van der Waals surface area contributed by atoms with Gasteiger partial charge in [0.1, 0.15) is 11.9 Å². The third kappa shape index (κ3) is 5.31. The van der Waals surface area contributed by atoms with Crippen LogP contribution < -0.4 is 5.32 Å². The molecule has 2 aromatic rings. The summed E-state index contributed by atoms with van der Waals surface area (Å²) < 4.78 is 0. The lowest BCUT2D eigenvalue weighted by molar-refractivity contribution is -0.120. The number of carbonyl (C=O) groups excluding carboxylic acids is 2. The Morgan fingerprint density at radius 2 is 1.85 bits per heavy atom. The van der Waals surface area contributed by atoms with E-state index in [1.165, 1.54) is 11.8 Å². The summed E-state index contributed by atoms with van der Waals surface area (Å²) in [6, 6.07) is 14.9. The molecule has 0 aromatic heterocycles. The lowest BCUT2D eigenvalue weighted by atomic mass is 10.0. The smallest absolute Gasteiger partial charge is 0.270 e. The maximum Gasteiger partial charge on any atom is 0.270 e. The number of hydrogen-bond acceptors (Lipinski definition) is 5. The summed E-state index contributed by atoms with van der Waals surface area (Å²) in [5.74, 6) is 0.739. The Kier molecular flexibility index (Phi) is 7.20. The van der Waals surface area contributed by atoms with Gasteiger partial charge in [-0.05, 0) is 55.5 Å². The molecule has 2 aromatic carbocycles. The van der Waals surface area contributed by atoms with E-state index in [1.54, 1.807) is 0 Å². The molecule has 2 amide bonds. The number of rotatable bonds is 7. The van der Waals surface area contributed by atoms with E-state index >= 15 is 0 Å². The van der Waals surface area contributed by atoms with E-state index in [0.717, 1.165) is 23.2 Å². The fraction of sp³-hybridized carbons (Fsp3) is 0.360. The first-order chi connectivity index (χ1) is 15.8. The van der Waals surface area contributed by atoms with Gasteiger partial charge in [-0.3, -0.25) is 14.5 Å². The van der Waals surface area contributed by atoms with Crippen LogP contribution in [0.3, 0.4) is 0 Å². The standard InChI is InChI=1S/C25H27ClN4O2S/c1-15(2)14-21-24(32)29-22-19-6-4-5-7-20(19)28-25(30(21)22)33-16(3)23(31)27-13-12-17-8-10-18(26)11-9-17/h4-11,15-16,21H,12-14H2,1-3H3,(H,27,31). The Morgan fingerprint density at radius 1 is 1.12 bits per heavy atom. The largest absolute Gasteiger partial charge is 0.355 e. The molecular formula is C25H27ClN4O2S. The van der Waals surface area contributed by atoms with Crippen molar-refractivity contribution in [3.63, 3.8) is 0 Å².